The molecule has 1 heterocycles. The molecule has 1 aromatic heterocycles. The van der Waals surface area contributed by atoms with Gasteiger partial charge in [0.15, 0.2) is 11.2 Å². The fourth-order valence-corrected chi connectivity index (χ4v) is 4.81. The van der Waals surface area contributed by atoms with Crippen LogP contribution >= 0.6 is 11.3 Å². The third-order valence-electron chi connectivity index (χ3n) is 4.73. The number of ether oxygens (including phenoxy) is 1. The lowest BCUT2D eigenvalue weighted by atomic mass is 10.1. The number of nitrogens with one attached hydrogen (secondary N) is 2. The zero-order valence-electron chi connectivity index (χ0n) is 17.6. The van der Waals surface area contributed by atoms with Crippen LogP contribution in [0, 0.1) is 0 Å². The van der Waals surface area contributed by atoms with E-state index in [0.717, 1.165) is 11.1 Å². The van der Waals surface area contributed by atoms with Crippen molar-refractivity contribution in [2.45, 2.75) is 17.9 Å². The van der Waals surface area contributed by atoms with Gasteiger partial charge in [0.05, 0.1) is 4.90 Å². The van der Waals surface area contributed by atoms with Crippen molar-refractivity contribution < 1.29 is 17.9 Å². The van der Waals surface area contributed by atoms with Crippen LogP contribution in [0.1, 0.15) is 6.92 Å². The van der Waals surface area contributed by atoms with Gasteiger partial charge in [-0.1, -0.05) is 42.5 Å². The van der Waals surface area contributed by atoms with Crippen molar-refractivity contribution in [3.63, 3.8) is 0 Å². The minimum Gasteiger partial charge on any atom is -0.481 e. The number of hydrogen-bond donors (Lipinski definition) is 2. The van der Waals surface area contributed by atoms with E-state index in [2.05, 4.69) is 15.0 Å². The largest absolute Gasteiger partial charge is 0.481 e. The summed E-state index contributed by atoms with van der Waals surface area (Å²) in [5.74, 6) is 0.227. The lowest BCUT2D eigenvalue weighted by molar-refractivity contribution is -0.122. The van der Waals surface area contributed by atoms with Crippen LogP contribution < -0.4 is 14.8 Å². The number of aromatic nitrogens is 1. The van der Waals surface area contributed by atoms with E-state index in [1.807, 2.05) is 54.6 Å². The van der Waals surface area contributed by atoms with Crippen molar-refractivity contribution in [3.8, 4) is 16.9 Å². The minimum absolute atomic E-state index is 0.0681. The fourth-order valence-electron chi connectivity index (χ4n) is 3.02. The SMILES string of the molecule is C[C@@H](Oc1ccc(-c2ccccc2)cc1)C(=O)Nc1ccc(S(=O)(=O)Nc2nccs2)cc1. The van der Waals surface area contributed by atoms with E-state index in [1.165, 1.54) is 41.8 Å². The van der Waals surface area contributed by atoms with Crippen LogP contribution in [0.5, 0.6) is 5.75 Å². The van der Waals surface area contributed by atoms with Crippen LogP contribution in [-0.2, 0) is 14.8 Å². The molecule has 0 saturated heterocycles. The quantitative estimate of drug-likeness (QED) is 0.370. The summed E-state index contributed by atoms with van der Waals surface area (Å²) in [6.45, 7) is 1.65. The molecule has 33 heavy (non-hydrogen) atoms. The third kappa shape index (κ3) is 5.76. The predicted molar refractivity (Wildman–Crippen MR) is 130 cm³/mol. The molecule has 7 nitrogen and oxygen atoms in total. The Balaban J connectivity index is 1.35. The van der Waals surface area contributed by atoms with Gasteiger partial charge in [-0.25, -0.2) is 13.4 Å². The molecule has 4 rings (SSSR count). The Kier molecular flexibility index (Phi) is 6.71. The first-order valence-corrected chi connectivity index (χ1v) is 12.4. The van der Waals surface area contributed by atoms with E-state index in [0.29, 0.717) is 11.4 Å². The van der Waals surface area contributed by atoms with E-state index >= 15 is 0 Å². The Labute approximate surface area is 196 Å². The molecule has 2 N–H and O–H groups in total. The van der Waals surface area contributed by atoms with Gasteiger partial charge in [0.25, 0.3) is 15.9 Å². The summed E-state index contributed by atoms with van der Waals surface area (Å²) in [4.78, 5) is 16.5. The Morgan fingerprint density at radius 3 is 2.24 bits per heavy atom. The van der Waals surface area contributed by atoms with Gasteiger partial charge >= 0.3 is 0 Å². The van der Waals surface area contributed by atoms with Crippen LogP contribution in [-0.4, -0.2) is 25.4 Å². The number of thiazole rings is 1. The Bertz CT molecular complexity index is 1310. The van der Waals surface area contributed by atoms with Crippen LogP contribution in [0.4, 0.5) is 10.8 Å². The fraction of sp³-hybridized carbons (Fsp3) is 0.0833. The number of sulfonamides is 1. The number of carbonyl (C=O) groups is 1. The second kappa shape index (κ2) is 9.85. The van der Waals surface area contributed by atoms with Gasteiger partial charge in [-0.15, -0.1) is 11.3 Å². The van der Waals surface area contributed by atoms with Gasteiger partial charge in [-0.2, -0.15) is 0 Å². The van der Waals surface area contributed by atoms with E-state index in [-0.39, 0.29) is 15.9 Å². The summed E-state index contributed by atoms with van der Waals surface area (Å²) in [7, 11) is -3.75. The summed E-state index contributed by atoms with van der Waals surface area (Å²) >= 11 is 1.19. The zero-order valence-corrected chi connectivity index (χ0v) is 19.3. The molecule has 0 bridgehead atoms. The molecule has 3 aromatic carbocycles. The van der Waals surface area contributed by atoms with Crippen LogP contribution in [0.2, 0.25) is 0 Å². The van der Waals surface area contributed by atoms with E-state index < -0.39 is 16.1 Å². The highest BCUT2D eigenvalue weighted by Gasteiger charge is 2.18. The smallest absolute Gasteiger partial charge is 0.265 e. The molecule has 9 heteroatoms. The van der Waals surface area contributed by atoms with E-state index in [4.69, 9.17) is 4.74 Å². The normalized spacial score (nSPS) is 12.0. The molecule has 1 amide bonds. The van der Waals surface area contributed by atoms with E-state index in [9.17, 15) is 13.2 Å². The molecule has 0 aliphatic rings. The second-order valence-electron chi connectivity index (χ2n) is 7.11. The monoisotopic (exact) mass is 479 g/mol. The highest BCUT2D eigenvalue weighted by molar-refractivity contribution is 7.93. The van der Waals surface area contributed by atoms with Crippen molar-refractivity contribution in [1.82, 2.24) is 4.98 Å². The maximum Gasteiger partial charge on any atom is 0.265 e. The Morgan fingerprint density at radius 1 is 0.939 bits per heavy atom. The molecule has 1 atom stereocenters. The molecule has 0 aliphatic heterocycles. The molecule has 0 fully saturated rings. The molecule has 0 unspecified atom stereocenters. The lowest BCUT2D eigenvalue weighted by Crippen LogP contribution is -2.30. The van der Waals surface area contributed by atoms with Gasteiger partial charge in [0.2, 0.25) is 0 Å². The van der Waals surface area contributed by atoms with Crippen molar-refractivity contribution >= 4 is 38.1 Å². The molecule has 168 valence electrons. The highest BCUT2D eigenvalue weighted by atomic mass is 32.2. The Hall–Kier alpha value is -3.69. The van der Waals surface area contributed by atoms with Crippen molar-refractivity contribution in [2.24, 2.45) is 0 Å². The molecular formula is C24H21N3O4S2. The molecule has 4 aromatic rings. The first-order chi connectivity index (χ1) is 15.9. The number of hydrogen-bond acceptors (Lipinski definition) is 6. The summed E-state index contributed by atoms with van der Waals surface area (Å²) in [6, 6.07) is 23.4. The predicted octanol–water partition coefficient (Wildman–Crippen LogP) is 5.02. The third-order valence-corrected chi connectivity index (χ3v) is 6.90. The molecule has 0 spiro atoms. The van der Waals surface area contributed by atoms with Crippen LogP contribution in [0.15, 0.2) is 95.3 Å². The van der Waals surface area contributed by atoms with Gasteiger partial charge < -0.3 is 10.1 Å². The number of benzene rings is 3. The summed E-state index contributed by atoms with van der Waals surface area (Å²) in [5, 5.41) is 4.70. The standard InChI is InChI=1S/C24H21N3O4S2/c1-17(31-21-11-7-19(8-12-21)18-5-3-2-4-6-18)23(28)26-20-9-13-22(14-10-20)33(29,30)27-24-25-15-16-32-24/h2-17H,1H3,(H,25,27)(H,26,28)/t17-/m1/s1. The molecule has 0 saturated carbocycles. The maximum absolute atomic E-state index is 12.5. The minimum atomic E-state index is -3.75. The van der Waals surface area contributed by atoms with Gasteiger partial charge in [-0.05, 0) is 54.4 Å². The summed E-state index contributed by atoms with van der Waals surface area (Å²) < 4.78 is 33.0. The number of rotatable bonds is 8. The molecule has 0 aliphatic carbocycles. The van der Waals surface area contributed by atoms with Gasteiger partial charge in [-0.3, -0.25) is 9.52 Å². The van der Waals surface area contributed by atoms with Gasteiger partial charge in [0.1, 0.15) is 5.75 Å². The first kappa shape index (κ1) is 22.5. The second-order valence-corrected chi connectivity index (χ2v) is 9.68. The summed E-state index contributed by atoms with van der Waals surface area (Å²) in [5.41, 5.74) is 2.62. The van der Waals surface area contributed by atoms with Crippen molar-refractivity contribution in [3.05, 3.63) is 90.4 Å². The number of nitrogens with zero attached hydrogens (tertiary/aromatic N) is 1. The maximum atomic E-state index is 12.5. The van der Waals surface area contributed by atoms with E-state index in [1.54, 1.807) is 12.3 Å². The Morgan fingerprint density at radius 2 is 1.61 bits per heavy atom. The number of amides is 1. The molecule has 0 radical (unpaired) electrons. The molecular weight excluding hydrogens is 458 g/mol. The average Bonchev–Trinajstić information content (AvgIpc) is 3.33. The van der Waals surface area contributed by atoms with Crippen LogP contribution in [0.25, 0.3) is 11.1 Å². The zero-order chi connectivity index (χ0) is 23.3. The van der Waals surface area contributed by atoms with Crippen LogP contribution in [0.3, 0.4) is 0 Å². The first-order valence-electron chi connectivity index (χ1n) is 10.1. The number of anilines is 2. The average molecular weight is 480 g/mol. The lowest BCUT2D eigenvalue weighted by Gasteiger charge is -2.15. The van der Waals surface area contributed by atoms with Crippen molar-refractivity contribution in [1.29, 1.82) is 0 Å². The topological polar surface area (TPSA) is 97.4 Å². The summed E-state index contributed by atoms with van der Waals surface area (Å²) in [6.07, 6.45) is 0.768. The highest BCUT2D eigenvalue weighted by Crippen LogP contribution is 2.23. The number of carbonyl (C=O) groups excluding carboxylic acids is 1. The van der Waals surface area contributed by atoms with Crippen molar-refractivity contribution in [2.75, 3.05) is 10.0 Å². The van der Waals surface area contributed by atoms with Gasteiger partial charge in [0, 0.05) is 17.3 Å².